The summed E-state index contributed by atoms with van der Waals surface area (Å²) in [4.78, 5) is 12.2. The summed E-state index contributed by atoms with van der Waals surface area (Å²) in [5, 5.41) is 2.70. The van der Waals surface area contributed by atoms with Gasteiger partial charge in [0.15, 0.2) is 0 Å². The number of aryl methyl sites for hydroxylation is 2. The Morgan fingerprint density at radius 2 is 1.50 bits per heavy atom. The number of carbonyl (C=O) groups is 1. The molecule has 0 radical (unpaired) electrons. The van der Waals surface area contributed by atoms with Crippen molar-refractivity contribution in [1.82, 2.24) is 5.32 Å². The first-order valence-corrected chi connectivity index (χ1v) is 11.2. The Bertz CT molecular complexity index is 862. The van der Waals surface area contributed by atoms with E-state index in [9.17, 15) is 13.2 Å². The first-order valence-electron chi connectivity index (χ1n) is 9.38. The van der Waals surface area contributed by atoms with Crippen molar-refractivity contribution >= 4 is 21.6 Å². The van der Waals surface area contributed by atoms with Crippen molar-refractivity contribution in [2.24, 2.45) is 0 Å². The number of ether oxygens (including phenoxy) is 1. The quantitative estimate of drug-likeness (QED) is 0.618. The van der Waals surface area contributed by atoms with E-state index < -0.39 is 10.0 Å². The van der Waals surface area contributed by atoms with Crippen LogP contribution in [0.1, 0.15) is 25.0 Å². The van der Waals surface area contributed by atoms with Gasteiger partial charge in [-0.2, -0.15) is 0 Å². The minimum Gasteiger partial charge on any atom is -0.492 e. The lowest BCUT2D eigenvalue weighted by Gasteiger charge is -2.22. The van der Waals surface area contributed by atoms with E-state index in [0.29, 0.717) is 18.8 Å². The maximum atomic E-state index is 12.2. The van der Waals surface area contributed by atoms with Gasteiger partial charge in [-0.05, 0) is 48.2 Å². The molecule has 0 saturated heterocycles. The molecule has 0 atom stereocenters. The highest BCUT2D eigenvalue weighted by atomic mass is 32.2. The van der Waals surface area contributed by atoms with Crippen LogP contribution in [0, 0.1) is 0 Å². The summed E-state index contributed by atoms with van der Waals surface area (Å²) in [6, 6.07) is 15.0. The Labute approximate surface area is 167 Å². The van der Waals surface area contributed by atoms with E-state index in [4.69, 9.17) is 4.74 Å². The number of hydrogen-bond acceptors (Lipinski definition) is 4. The second-order valence-electron chi connectivity index (χ2n) is 6.49. The van der Waals surface area contributed by atoms with Gasteiger partial charge in [0.1, 0.15) is 18.9 Å². The monoisotopic (exact) mass is 404 g/mol. The third-order valence-corrected chi connectivity index (χ3v) is 5.49. The molecule has 2 rings (SSSR count). The zero-order chi connectivity index (χ0) is 20.6. The summed E-state index contributed by atoms with van der Waals surface area (Å²) in [7, 11) is -3.57. The first kappa shape index (κ1) is 21.8. The summed E-state index contributed by atoms with van der Waals surface area (Å²) in [5.74, 6) is 0.357. The molecule has 0 bridgehead atoms. The molecule has 7 heteroatoms. The number of amides is 1. The Hall–Kier alpha value is -2.54. The minimum absolute atomic E-state index is 0.268. The average molecular weight is 405 g/mol. The van der Waals surface area contributed by atoms with Gasteiger partial charge in [-0.3, -0.25) is 9.10 Å². The number of hydrogen-bond donors (Lipinski definition) is 1. The average Bonchev–Trinajstić information content (AvgIpc) is 2.69. The molecule has 0 fully saturated rings. The highest BCUT2D eigenvalue weighted by Gasteiger charge is 2.20. The zero-order valence-corrected chi connectivity index (χ0v) is 17.5. The van der Waals surface area contributed by atoms with Crippen LogP contribution in [0.4, 0.5) is 5.69 Å². The summed E-state index contributed by atoms with van der Waals surface area (Å²) >= 11 is 0. The highest BCUT2D eigenvalue weighted by Crippen LogP contribution is 2.18. The molecule has 0 heterocycles. The molecule has 6 nitrogen and oxygen atoms in total. The third kappa shape index (κ3) is 6.56. The lowest BCUT2D eigenvalue weighted by molar-refractivity contribution is -0.119. The molecule has 0 spiro atoms. The van der Waals surface area contributed by atoms with Crippen molar-refractivity contribution in [3.05, 3.63) is 59.7 Å². The molecule has 28 heavy (non-hydrogen) atoms. The molecule has 0 aliphatic carbocycles. The fourth-order valence-corrected chi connectivity index (χ4v) is 3.52. The van der Waals surface area contributed by atoms with E-state index in [1.54, 1.807) is 12.1 Å². The maximum Gasteiger partial charge on any atom is 0.240 e. The van der Waals surface area contributed by atoms with Gasteiger partial charge < -0.3 is 10.1 Å². The predicted octanol–water partition coefficient (Wildman–Crippen LogP) is 2.77. The number of sulfonamides is 1. The van der Waals surface area contributed by atoms with Crippen LogP contribution >= 0.6 is 0 Å². The Balaban J connectivity index is 1.87. The molecule has 2 aromatic rings. The second-order valence-corrected chi connectivity index (χ2v) is 8.39. The molecule has 152 valence electrons. The topological polar surface area (TPSA) is 75.7 Å². The number of carbonyl (C=O) groups excluding carboxylic acids is 1. The molecule has 1 N–H and O–H groups in total. The molecular weight excluding hydrogens is 376 g/mol. The Kier molecular flexibility index (Phi) is 7.87. The van der Waals surface area contributed by atoms with E-state index in [0.717, 1.165) is 34.7 Å². The van der Waals surface area contributed by atoms with Gasteiger partial charge in [0.05, 0.1) is 18.5 Å². The van der Waals surface area contributed by atoms with Gasteiger partial charge >= 0.3 is 0 Å². The molecule has 2 aromatic carbocycles. The van der Waals surface area contributed by atoms with E-state index in [-0.39, 0.29) is 12.5 Å². The van der Waals surface area contributed by atoms with Crippen LogP contribution in [0.25, 0.3) is 0 Å². The zero-order valence-electron chi connectivity index (χ0n) is 16.6. The Morgan fingerprint density at radius 3 is 2.00 bits per heavy atom. The van der Waals surface area contributed by atoms with Gasteiger partial charge in [-0.25, -0.2) is 8.42 Å². The van der Waals surface area contributed by atoms with Gasteiger partial charge in [-0.15, -0.1) is 0 Å². The van der Waals surface area contributed by atoms with Crippen molar-refractivity contribution < 1.29 is 17.9 Å². The van der Waals surface area contributed by atoms with Crippen molar-refractivity contribution in [3.63, 3.8) is 0 Å². The SMILES string of the molecule is CCc1ccc(OCCNC(=O)CN(c2ccc(CC)cc2)S(C)(=O)=O)cc1. The fraction of sp³-hybridized carbons (Fsp3) is 0.381. The van der Waals surface area contributed by atoms with Crippen LogP contribution in [0.15, 0.2) is 48.5 Å². The van der Waals surface area contributed by atoms with Crippen LogP contribution in [-0.4, -0.2) is 40.3 Å². The van der Waals surface area contributed by atoms with Crippen LogP contribution in [0.5, 0.6) is 5.75 Å². The van der Waals surface area contributed by atoms with Gasteiger partial charge in [-0.1, -0.05) is 38.1 Å². The maximum absolute atomic E-state index is 12.2. The molecule has 0 aliphatic heterocycles. The van der Waals surface area contributed by atoms with Crippen LogP contribution < -0.4 is 14.4 Å². The number of benzene rings is 2. The second kappa shape index (κ2) is 10.1. The van der Waals surface area contributed by atoms with Crippen molar-refractivity contribution in [2.45, 2.75) is 26.7 Å². The van der Waals surface area contributed by atoms with Gasteiger partial charge in [0, 0.05) is 0 Å². The van der Waals surface area contributed by atoms with E-state index >= 15 is 0 Å². The van der Waals surface area contributed by atoms with E-state index in [2.05, 4.69) is 12.2 Å². The number of nitrogens with zero attached hydrogens (tertiary/aromatic N) is 1. The number of nitrogens with one attached hydrogen (secondary N) is 1. The molecule has 0 unspecified atom stereocenters. The molecule has 0 saturated carbocycles. The lowest BCUT2D eigenvalue weighted by atomic mass is 10.1. The molecular formula is C21H28N2O4S. The van der Waals surface area contributed by atoms with Crippen molar-refractivity contribution in [2.75, 3.05) is 30.3 Å². The molecule has 1 amide bonds. The normalized spacial score (nSPS) is 11.1. The molecule has 0 aliphatic rings. The highest BCUT2D eigenvalue weighted by molar-refractivity contribution is 7.92. The number of rotatable bonds is 10. The third-order valence-electron chi connectivity index (χ3n) is 4.34. The van der Waals surface area contributed by atoms with Crippen LogP contribution in [0.3, 0.4) is 0 Å². The largest absolute Gasteiger partial charge is 0.492 e. The molecule has 0 aromatic heterocycles. The summed E-state index contributed by atoms with van der Waals surface area (Å²) < 4.78 is 30.9. The van der Waals surface area contributed by atoms with Crippen LogP contribution in [-0.2, 0) is 27.7 Å². The smallest absolute Gasteiger partial charge is 0.240 e. The summed E-state index contributed by atoms with van der Waals surface area (Å²) in [5.41, 5.74) is 2.81. The van der Waals surface area contributed by atoms with E-state index in [1.165, 1.54) is 5.56 Å². The minimum atomic E-state index is -3.57. The predicted molar refractivity (Wildman–Crippen MR) is 112 cm³/mol. The van der Waals surface area contributed by atoms with Crippen molar-refractivity contribution in [1.29, 1.82) is 0 Å². The van der Waals surface area contributed by atoms with Crippen molar-refractivity contribution in [3.8, 4) is 5.75 Å². The van der Waals surface area contributed by atoms with Gasteiger partial charge in [0.2, 0.25) is 15.9 Å². The van der Waals surface area contributed by atoms with Crippen LogP contribution in [0.2, 0.25) is 0 Å². The lowest BCUT2D eigenvalue weighted by Crippen LogP contribution is -2.41. The standard InChI is InChI=1S/C21H28N2O4S/c1-4-17-6-10-19(11-7-17)23(28(3,25)26)16-21(24)22-14-15-27-20-12-8-18(5-2)9-13-20/h6-13H,4-5,14-16H2,1-3H3,(H,22,24). The fourth-order valence-electron chi connectivity index (χ4n) is 2.66. The van der Waals surface area contributed by atoms with Gasteiger partial charge in [0.25, 0.3) is 0 Å². The first-order chi connectivity index (χ1) is 13.3. The Morgan fingerprint density at radius 1 is 0.964 bits per heavy atom. The summed E-state index contributed by atoms with van der Waals surface area (Å²) in [6.07, 6.45) is 2.92. The summed E-state index contributed by atoms with van der Waals surface area (Å²) in [6.45, 7) is 4.44. The van der Waals surface area contributed by atoms with E-state index in [1.807, 2.05) is 43.3 Å². The number of anilines is 1.